The summed E-state index contributed by atoms with van der Waals surface area (Å²) in [6.45, 7) is 2.72. The van der Waals surface area contributed by atoms with Crippen LogP contribution in [0.25, 0.3) is 0 Å². The molecule has 0 fully saturated rings. The molecule has 0 spiro atoms. The minimum absolute atomic E-state index is 0.124. The maximum absolute atomic E-state index is 11.5. The number of nitrogens with zero attached hydrogens (tertiary/aromatic N) is 1. The molecule has 15 heavy (non-hydrogen) atoms. The molecule has 0 unspecified atom stereocenters. The Balaban J connectivity index is 2.51. The molecule has 2 rings (SSSR count). The van der Waals surface area contributed by atoms with Gasteiger partial charge in [0.15, 0.2) is 0 Å². The first kappa shape index (κ1) is 9.71. The molecule has 0 N–H and O–H groups in total. The second-order valence-electron chi connectivity index (χ2n) is 3.29. The molecule has 1 aliphatic rings. The van der Waals surface area contributed by atoms with E-state index in [1.54, 1.807) is 12.1 Å². The highest BCUT2D eigenvalue weighted by molar-refractivity contribution is 6.04. The molecule has 1 aromatic carbocycles. The topological polar surface area (TPSA) is 46.6 Å². The first-order valence-electron chi connectivity index (χ1n) is 4.81. The van der Waals surface area contributed by atoms with Crippen molar-refractivity contribution in [3.05, 3.63) is 29.8 Å². The van der Waals surface area contributed by atoms with Gasteiger partial charge in [0.2, 0.25) is 0 Å². The molecular formula is C11H11NO3. The summed E-state index contributed by atoms with van der Waals surface area (Å²) in [7, 11) is 0. The molecule has 0 aromatic heterocycles. The van der Waals surface area contributed by atoms with Gasteiger partial charge in [0.1, 0.15) is 6.54 Å². The first-order valence-corrected chi connectivity index (χ1v) is 4.81. The van der Waals surface area contributed by atoms with Crippen LogP contribution in [-0.2, 0) is 9.53 Å². The van der Waals surface area contributed by atoms with Gasteiger partial charge in [-0.2, -0.15) is 0 Å². The Hall–Kier alpha value is -1.84. The molecule has 0 saturated heterocycles. The molecule has 0 bridgehead atoms. The van der Waals surface area contributed by atoms with Gasteiger partial charge in [0, 0.05) is 6.54 Å². The number of carbonyl (C=O) groups is 2. The quantitative estimate of drug-likeness (QED) is 0.510. The molecule has 0 aliphatic carbocycles. The van der Waals surface area contributed by atoms with Crippen LogP contribution in [0.5, 0.6) is 0 Å². The first-order chi connectivity index (χ1) is 7.22. The van der Waals surface area contributed by atoms with Crippen LogP contribution in [0.1, 0.15) is 17.3 Å². The second kappa shape index (κ2) is 3.73. The number of carbonyl (C=O) groups excluding carboxylic acids is 2. The van der Waals surface area contributed by atoms with Crippen LogP contribution in [0.15, 0.2) is 24.3 Å². The van der Waals surface area contributed by atoms with Gasteiger partial charge < -0.3 is 9.64 Å². The molecule has 4 nitrogen and oxygen atoms in total. The van der Waals surface area contributed by atoms with E-state index in [1.807, 2.05) is 24.0 Å². The van der Waals surface area contributed by atoms with Crippen molar-refractivity contribution in [2.45, 2.75) is 6.92 Å². The number of cyclic esters (lactones) is 2. The highest BCUT2D eigenvalue weighted by atomic mass is 16.6. The Morgan fingerprint density at radius 1 is 1.33 bits per heavy atom. The fourth-order valence-corrected chi connectivity index (χ4v) is 1.64. The summed E-state index contributed by atoms with van der Waals surface area (Å²) >= 11 is 0. The minimum atomic E-state index is -0.563. The lowest BCUT2D eigenvalue weighted by Gasteiger charge is -2.19. The number of hydrogen-bond acceptors (Lipinski definition) is 4. The van der Waals surface area contributed by atoms with E-state index in [0.29, 0.717) is 12.1 Å². The monoisotopic (exact) mass is 205 g/mol. The van der Waals surface area contributed by atoms with Crippen molar-refractivity contribution in [2.75, 3.05) is 18.0 Å². The Kier molecular flexibility index (Phi) is 2.41. The maximum Gasteiger partial charge on any atom is 0.347 e. The number of benzene rings is 1. The Morgan fingerprint density at radius 2 is 2.07 bits per heavy atom. The molecule has 0 saturated carbocycles. The summed E-state index contributed by atoms with van der Waals surface area (Å²) in [5.74, 6) is -1.07. The molecule has 78 valence electrons. The van der Waals surface area contributed by atoms with Gasteiger partial charge in [-0.1, -0.05) is 12.1 Å². The van der Waals surface area contributed by atoms with E-state index in [-0.39, 0.29) is 6.54 Å². The van der Waals surface area contributed by atoms with Crippen molar-refractivity contribution in [3.8, 4) is 0 Å². The number of likely N-dealkylation sites (N-methyl/N-ethyl adjacent to an activating group) is 1. The van der Waals surface area contributed by atoms with Crippen molar-refractivity contribution in [1.29, 1.82) is 0 Å². The average Bonchev–Trinajstić information content (AvgIpc) is 2.36. The summed E-state index contributed by atoms with van der Waals surface area (Å²) < 4.78 is 4.65. The fraction of sp³-hybridized carbons (Fsp3) is 0.273. The molecule has 1 aliphatic heterocycles. The fourth-order valence-electron chi connectivity index (χ4n) is 1.64. The van der Waals surface area contributed by atoms with E-state index in [1.165, 1.54) is 0 Å². The number of para-hydroxylation sites is 1. The molecule has 1 heterocycles. The molecule has 0 amide bonds. The predicted molar refractivity (Wildman–Crippen MR) is 54.8 cm³/mol. The molecule has 0 radical (unpaired) electrons. The molecular weight excluding hydrogens is 194 g/mol. The van der Waals surface area contributed by atoms with Crippen LogP contribution in [0.4, 0.5) is 5.69 Å². The summed E-state index contributed by atoms with van der Waals surface area (Å²) in [5, 5.41) is 0. The van der Waals surface area contributed by atoms with Crippen molar-refractivity contribution in [3.63, 3.8) is 0 Å². The zero-order valence-corrected chi connectivity index (χ0v) is 8.40. The lowest BCUT2D eigenvalue weighted by atomic mass is 10.1. The van der Waals surface area contributed by atoms with Crippen LogP contribution in [0.2, 0.25) is 0 Å². The molecule has 1 aromatic rings. The van der Waals surface area contributed by atoms with Crippen LogP contribution < -0.4 is 4.90 Å². The Labute approximate surface area is 87.4 Å². The van der Waals surface area contributed by atoms with E-state index in [4.69, 9.17) is 0 Å². The van der Waals surface area contributed by atoms with Gasteiger partial charge in [-0.05, 0) is 19.1 Å². The number of ether oxygens (including phenoxy) is 1. The van der Waals surface area contributed by atoms with Gasteiger partial charge >= 0.3 is 11.9 Å². The van der Waals surface area contributed by atoms with Gasteiger partial charge in [-0.15, -0.1) is 0 Å². The van der Waals surface area contributed by atoms with E-state index in [0.717, 1.165) is 5.69 Å². The third-order valence-electron chi connectivity index (χ3n) is 2.37. The Morgan fingerprint density at radius 3 is 2.80 bits per heavy atom. The third-order valence-corrected chi connectivity index (χ3v) is 2.37. The summed E-state index contributed by atoms with van der Waals surface area (Å²) in [5.41, 5.74) is 1.21. The van der Waals surface area contributed by atoms with Crippen molar-refractivity contribution in [1.82, 2.24) is 0 Å². The largest absolute Gasteiger partial charge is 0.388 e. The number of rotatable bonds is 1. The third kappa shape index (κ3) is 1.70. The summed E-state index contributed by atoms with van der Waals surface area (Å²) in [4.78, 5) is 24.6. The number of anilines is 1. The smallest absolute Gasteiger partial charge is 0.347 e. The number of esters is 2. The van der Waals surface area contributed by atoms with Gasteiger partial charge in [-0.3, -0.25) is 0 Å². The second-order valence-corrected chi connectivity index (χ2v) is 3.29. The van der Waals surface area contributed by atoms with Gasteiger partial charge in [0.05, 0.1) is 11.3 Å². The zero-order chi connectivity index (χ0) is 10.8. The highest BCUT2D eigenvalue weighted by Crippen LogP contribution is 2.23. The van der Waals surface area contributed by atoms with Crippen LogP contribution in [0, 0.1) is 0 Å². The lowest BCUT2D eigenvalue weighted by Crippen LogP contribution is -2.28. The van der Waals surface area contributed by atoms with Crippen molar-refractivity contribution < 1.29 is 14.3 Å². The van der Waals surface area contributed by atoms with Crippen molar-refractivity contribution in [2.24, 2.45) is 0 Å². The van der Waals surface area contributed by atoms with Gasteiger partial charge in [0.25, 0.3) is 0 Å². The zero-order valence-electron chi connectivity index (χ0n) is 8.40. The van der Waals surface area contributed by atoms with E-state index in [2.05, 4.69) is 4.74 Å². The minimum Gasteiger partial charge on any atom is -0.388 e. The average molecular weight is 205 g/mol. The molecule has 4 heteroatoms. The Bertz CT molecular complexity index is 414. The molecule has 0 atom stereocenters. The highest BCUT2D eigenvalue weighted by Gasteiger charge is 2.25. The van der Waals surface area contributed by atoms with Gasteiger partial charge in [-0.25, -0.2) is 9.59 Å². The predicted octanol–water partition coefficient (Wildman–Crippen LogP) is 1.21. The van der Waals surface area contributed by atoms with Crippen LogP contribution >= 0.6 is 0 Å². The number of hydrogen-bond donors (Lipinski definition) is 0. The van der Waals surface area contributed by atoms with E-state index in [9.17, 15) is 9.59 Å². The lowest BCUT2D eigenvalue weighted by molar-refractivity contribution is -0.136. The SMILES string of the molecule is CCN1CC(=O)OC(=O)c2ccccc21. The normalized spacial score (nSPS) is 15.7. The van der Waals surface area contributed by atoms with Crippen molar-refractivity contribution >= 4 is 17.6 Å². The van der Waals surface area contributed by atoms with E-state index < -0.39 is 11.9 Å². The standard InChI is InChI=1S/C11H11NO3/c1-2-12-7-10(13)15-11(14)8-5-3-4-6-9(8)12/h3-6H,2,7H2,1H3. The van der Waals surface area contributed by atoms with E-state index >= 15 is 0 Å². The number of fused-ring (bicyclic) bond motifs is 1. The summed E-state index contributed by atoms with van der Waals surface area (Å²) in [6.07, 6.45) is 0. The maximum atomic E-state index is 11.5. The van der Waals surface area contributed by atoms with Crippen LogP contribution in [0.3, 0.4) is 0 Å². The summed E-state index contributed by atoms with van der Waals surface area (Å²) in [6, 6.07) is 7.08. The van der Waals surface area contributed by atoms with Crippen LogP contribution in [-0.4, -0.2) is 25.0 Å².